The lowest BCUT2D eigenvalue weighted by Gasteiger charge is -2.09. The van der Waals surface area contributed by atoms with Crippen LogP contribution in [0, 0.1) is 0 Å². The quantitative estimate of drug-likeness (QED) is 0.352. The van der Waals surface area contributed by atoms with Crippen LogP contribution in [-0.2, 0) is 6.54 Å². The van der Waals surface area contributed by atoms with Gasteiger partial charge in [-0.25, -0.2) is 4.79 Å². The van der Waals surface area contributed by atoms with E-state index in [0.717, 1.165) is 18.5 Å². The second-order valence-electron chi connectivity index (χ2n) is 6.49. The maximum absolute atomic E-state index is 11.7. The lowest BCUT2D eigenvalue weighted by molar-refractivity contribution is 0.240. The number of nitrogen functional groups attached to an aromatic ring is 1. The number of rotatable bonds is 13. The first kappa shape index (κ1) is 20.3. The fourth-order valence-electron chi connectivity index (χ4n) is 2.75. The van der Waals surface area contributed by atoms with Crippen LogP contribution in [0.5, 0.6) is 0 Å². The zero-order valence-electron chi connectivity index (χ0n) is 15.3. The summed E-state index contributed by atoms with van der Waals surface area (Å²) in [6, 6.07) is 7.48. The highest BCUT2D eigenvalue weighted by atomic mass is 16.2. The summed E-state index contributed by atoms with van der Waals surface area (Å²) in [5.41, 5.74) is 7.51. The van der Waals surface area contributed by atoms with Crippen molar-refractivity contribution in [2.45, 2.75) is 77.7 Å². The topological polar surface area (TPSA) is 67.2 Å². The number of hydrogen-bond donors (Lipinski definition) is 3. The van der Waals surface area contributed by atoms with Crippen molar-refractivity contribution < 1.29 is 4.79 Å². The first-order valence-corrected chi connectivity index (χ1v) is 9.59. The van der Waals surface area contributed by atoms with E-state index in [9.17, 15) is 4.79 Å². The molecular formula is C20H35N3O. The monoisotopic (exact) mass is 333 g/mol. The highest BCUT2D eigenvalue weighted by Gasteiger charge is 2.02. The standard InChI is InChI=1S/C20H35N3O/c1-2-3-4-5-6-7-8-9-10-13-16-22-20(24)23-17-18-14-11-12-15-19(18)21/h11-12,14-15H,2-10,13,16-17,21H2,1H3,(H2,22,23,24). The van der Waals surface area contributed by atoms with Crippen LogP contribution in [0.25, 0.3) is 0 Å². The fourth-order valence-corrected chi connectivity index (χ4v) is 2.75. The summed E-state index contributed by atoms with van der Waals surface area (Å²) in [5, 5.41) is 5.75. The van der Waals surface area contributed by atoms with Gasteiger partial charge in [-0.15, -0.1) is 0 Å². The lowest BCUT2D eigenvalue weighted by atomic mass is 10.1. The Morgan fingerprint density at radius 1 is 0.875 bits per heavy atom. The van der Waals surface area contributed by atoms with E-state index in [2.05, 4.69) is 17.6 Å². The van der Waals surface area contributed by atoms with Crippen molar-refractivity contribution in [3.05, 3.63) is 29.8 Å². The molecule has 24 heavy (non-hydrogen) atoms. The van der Waals surface area contributed by atoms with E-state index in [1.54, 1.807) is 0 Å². The van der Waals surface area contributed by atoms with Gasteiger partial charge in [0, 0.05) is 18.8 Å². The molecule has 0 heterocycles. The molecule has 0 aliphatic rings. The number of para-hydroxylation sites is 1. The van der Waals surface area contributed by atoms with Gasteiger partial charge in [0.2, 0.25) is 0 Å². The molecule has 0 saturated heterocycles. The van der Waals surface area contributed by atoms with Gasteiger partial charge in [-0.1, -0.05) is 82.9 Å². The van der Waals surface area contributed by atoms with Crippen LogP contribution in [0.15, 0.2) is 24.3 Å². The number of carbonyl (C=O) groups is 1. The van der Waals surface area contributed by atoms with Crippen molar-refractivity contribution in [3.8, 4) is 0 Å². The third-order valence-electron chi connectivity index (χ3n) is 4.31. The molecule has 4 nitrogen and oxygen atoms in total. The molecule has 0 spiro atoms. The largest absolute Gasteiger partial charge is 0.398 e. The average Bonchev–Trinajstić information content (AvgIpc) is 2.59. The average molecular weight is 334 g/mol. The molecule has 2 amide bonds. The first-order chi connectivity index (χ1) is 11.7. The Balaban J connectivity index is 1.90. The Bertz CT molecular complexity index is 448. The molecule has 1 aromatic carbocycles. The van der Waals surface area contributed by atoms with Crippen molar-refractivity contribution in [1.82, 2.24) is 10.6 Å². The molecule has 1 aromatic rings. The summed E-state index contributed by atoms with van der Waals surface area (Å²) in [5.74, 6) is 0. The molecule has 0 bridgehead atoms. The van der Waals surface area contributed by atoms with Crippen molar-refractivity contribution >= 4 is 11.7 Å². The number of unbranched alkanes of at least 4 members (excludes halogenated alkanes) is 9. The minimum Gasteiger partial charge on any atom is -0.398 e. The number of nitrogens with two attached hydrogens (primary N) is 1. The third kappa shape index (κ3) is 10.1. The second kappa shape index (κ2) is 13.7. The second-order valence-corrected chi connectivity index (χ2v) is 6.49. The van der Waals surface area contributed by atoms with Gasteiger partial charge in [0.15, 0.2) is 0 Å². The summed E-state index contributed by atoms with van der Waals surface area (Å²) in [6.45, 7) is 3.47. The number of hydrogen-bond acceptors (Lipinski definition) is 2. The Morgan fingerprint density at radius 3 is 2.08 bits per heavy atom. The highest BCUT2D eigenvalue weighted by Crippen LogP contribution is 2.10. The van der Waals surface area contributed by atoms with Crippen LogP contribution < -0.4 is 16.4 Å². The highest BCUT2D eigenvalue weighted by molar-refractivity contribution is 5.74. The molecule has 136 valence electrons. The molecule has 0 radical (unpaired) electrons. The number of urea groups is 1. The van der Waals surface area contributed by atoms with Crippen LogP contribution in [-0.4, -0.2) is 12.6 Å². The molecule has 1 rings (SSSR count). The maximum atomic E-state index is 11.7. The van der Waals surface area contributed by atoms with Crippen LogP contribution in [0.4, 0.5) is 10.5 Å². The van der Waals surface area contributed by atoms with Crippen molar-refractivity contribution in [3.63, 3.8) is 0 Å². The summed E-state index contributed by atoms with van der Waals surface area (Å²) in [6.07, 6.45) is 13.1. The summed E-state index contributed by atoms with van der Waals surface area (Å²) >= 11 is 0. The smallest absolute Gasteiger partial charge is 0.315 e. The number of amides is 2. The van der Waals surface area contributed by atoms with E-state index in [0.29, 0.717) is 12.2 Å². The fraction of sp³-hybridized carbons (Fsp3) is 0.650. The number of carbonyl (C=O) groups excluding carboxylic acids is 1. The summed E-state index contributed by atoms with van der Waals surface area (Å²) < 4.78 is 0. The molecular weight excluding hydrogens is 298 g/mol. The summed E-state index contributed by atoms with van der Waals surface area (Å²) in [4.78, 5) is 11.7. The van der Waals surface area contributed by atoms with E-state index < -0.39 is 0 Å². The molecule has 0 fully saturated rings. The van der Waals surface area contributed by atoms with Gasteiger partial charge in [-0.05, 0) is 18.1 Å². The SMILES string of the molecule is CCCCCCCCCCCCNC(=O)NCc1ccccc1N. The molecule has 0 saturated carbocycles. The maximum Gasteiger partial charge on any atom is 0.315 e. The normalized spacial score (nSPS) is 10.5. The molecule has 0 atom stereocenters. The molecule has 4 N–H and O–H groups in total. The Hall–Kier alpha value is -1.71. The summed E-state index contributed by atoms with van der Waals surface area (Å²) in [7, 11) is 0. The third-order valence-corrected chi connectivity index (χ3v) is 4.31. The van der Waals surface area contributed by atoms with E-state index in [1.165, 1.54) is 57.8 Å². The Kier molecular flexibility index (Phi) is 11.6. The number of nitrogens with one attached hydrogen (secondary N) is 2. The predicted octanol–water partition coefficient (Wildman–Crippen LogP) is 4.99. The van der Waals surface area contributed by atoms with Crippen LogP contribution in [0.2, 0.25) is 0 Å². The van der Waals surface area contributed by atoms with E-state index in [4.69, 9.17) is 5.73 Å². The van der Waals surface area contributed by atoms with E-state index in [-0.39, 0.29) is 6.03 Å². The van der Waals surface area contributed by atoms with Gasteiger partial charge in [0.1, 0.15) is 0 Å². The van der Waals surface area contributed by atoms with Gasteiger partial charge >= 0.3 is 6.03 Å². The zero-order valence-corrected chi connectivity index (χ0v) is 15.3. The molecule has 0 aromatic heterocycles. The minimum atomic E-state index is -0.117. The van der Waals surface area contributed by atoms with Gasteiger partial charge < -0.3 is 16.4 Å². The number of benzene rings is 1. The van der Waals surface area contributed by atoms with Crippen molar-refractivity contribution in [2.75, 3.05) is 12.3 Å². The van der Waals surface area contributed by atoms with Gasteiger partial charge in [0.05, 0.1) is 0 Å². The number of anilines is 1. The van der Waals surface area contributed by atoms with Crippen LogP contribution in [0.3, 0.4) is 0 Å². The molecule has 0 unspecified atom stereocenters. The Morgan fingerprint density at radius 2 is 1.46 bits per heavy atom. The molecule has 0 aliphatic heterocycles. The Labute approximate surface area is 147 Å². The van der Waals surface area contributed by atoms with E-state index >= 15 is 0 Å². The van der Waals surface area contributed by atoms with Crippen LogP contribution in [0.1, 0.15) is 76.7 Å². The van der Waals surface area contributed by atoms with Crippen molar-refractivity contribution in [2.24, 2.45) is 0 Å². The van der Waals surface area contributed by atoms with Crippen molar-refractivity contribution in [1.29, 1.82) is 0 Å². The van der Waals surface area contributed by atoms with E-state index in [1.807, 2.05) is 24.3 Å². The zero-order chi connectivity index (χ0) is 17.5. The van der Waals surface area contributed by atoms with Crippen LogP contribution >= 0.6 is 0 Å². The van der Waals surface area contributed by atoms with Gasteiger partial charge in [0.25, 0.3) is 0 Å². The van der Waals surface area contributed by atoms with Gasteiger partial charge in [-0.3, -0.25) is 0 Å². The lowest BCUT2D eigenvalue weighted by Crippen LogP contribution is -2.35. The first-order valence-electron chi connectivity index (χ1n) is 9.59. The predicted molar refractivity (Wildman–Crippen MR) is 103 cm³/mol. The van der Waals surface area contributed by atoms with Gasteiger partial charge in [-0.2, -0.15) is 0 Å². The molecule has 4 heteroatoms. The molecule has 0 aliphatic carbocycles. The minimum absolute atomic E-state index is 0.117.